The Kier molecular flexibility index (Phi) is 4.40. The van der Waals surface area contributed by atoms with Crippen molar-refractivity contribution >= 4 is 17.6 Å². The summed E-state index contributed by atoms with van der Waals surface area (Å²) in [6.07, 6.45) is 7.43. The Morgan fingerprint density at radius 3 is 1.75 bits per heavy atom. The van der Waals surface area contributed by atoms with E-state index in [2.05, 4.69) is 47.0 Å². The quantitative estimate of drug-likeness (QED) is 0.849. The lowest BCUT2D eigenvalue weighted by Crippen LogP contribution is -2.47. The van der Waals surface area contributed by atoms with Crippen molar-refractivity contribution in [1.82, 2.24) is 20.2 Å². The fourth-order valence-electron chi connectivity index (χ4n) is 3.37. The van der Waals surface area contributed by atoms with E-state index < -0.39 is 0 Å². The highest BCUT2D eigenvalue weighted by Gasteiger charge is 2.20. The Labute approximate surface area is 142 Å². The van der Waals surface area contributed by atoms with E-state index in [1.807, 2.05) is 6.07 Å². The molecule has 4 rings (SSSR count). The lowest BCUT2D eigenvalue weighted by atomic mass is 10.1. The average molecular weight is 325 g/mol. The minimum atomic E-state index is 0.809. The first-order chi connectivity index (χ1) is 11.9. The molecule has 7 heteroatoms. The lowest BCUT2D eigenvalue weighted by molar-refractivity contribution is 0.570. The monoisotopic (exact) mass is 325 g/mol. The standard InChI is InChI=1S/C17H23N7/c1-2-9-22(10-3-1)15-5-6-16(21-20-15)23-11-13-24(14-12-23)17-18-7-4-8-19-17/h4-8H,1-3,9-14H2. The SMILES string of the molecule is c1cnc(N2CCN(c3ccc(N4CCCCC4)nn3)CC2)nc1. The van der Waals surface area contributed by atoms with Crippen LogP contribution in [-0.2, 0) is 0 Å². The van der Waals surface area contributed by atoms with E-state index >= 15 is 0 Å². The first-order valence-corrected chi connectivity index (χ1v) is 8.76. The van der Waals surface area contributed by atoms with Crippen LogP contribution < -0.4 is 14.7 Å². The van der Waals surface area contributed by atoms with Crippen molar-refractivity contribution in [1.29, 1.82) is 0 Å². The molecule has 0 spiro atoms. The van der Waals surface area contributed by atoms with Gasteiger partial charge in [0.1, 0.15) is 0 Å². The van der Waals surface area contributed by atoms with E-state index in [1.165, 1.54) is 19.3 Å². The van der Waals surface area contributed by atoms with Crippen molar-refractivity contribution in [3.63, 3.8) is 0 Å². The third-order valence-corrected chi connectivity index (χ3v) is 4.76. The van der Waals surface area contributed by atoms with Crippen LogP contribution in [0.15, 0.2) is 30.6 Å². The summed E-state index contributed by atoms with van der Waals surface area (Å²) < 4.78 is 0. The van der Waals surface area contributed by atoms with Crippen LogP contribution in [0.5, 0.6) is 0 Å². The van der Waals surface area contributed by atoms with Crippen LogP contribution in [0, 0.1) is 0 Å². The Morgan fingerprint density at radius 1 is 0.625 bits per heavy atom. The van der Waals surface area contributed by atoms with Crippen LogP contribution in [0.2, 0.25) is 0 Å². The van der Waals surface area contributed by atoms with Gasteiger partial charge in [0.2, 0.25) is 5.95 Å². The first kappa shape index (κ1) is 15.1. The smallest absolute Gasteiger partial charge is 0.225 e. The molecule has 0 unspecified atom stereocenters. The van der Waals surface area contributed by atoms with Gasteiger partial charge < -0.3 is 14.7 Å². The highest BCUT2D eigenvalue weighted by Crippen LogP contribution is 2.20. The van der Waals surface area contributed by atoms with Gasteiger partial charge in [0, 0.05) is 51.7 Å². The highest BCUT2D eigenvalue weighted by molar-refractivity contribution is 5.46. The van der Waals surface area contributed by atoms with E-state index in [0.717, 1.165) is 56.9 Å². The second-order valence-electron chi connectivity index (χ2n) is 6.32. The molecule has 0 amide bonds. The third kappa shape index (κ3) is 3.25. The molecule has 2 aliphatic heterocycles. The van der Waals surface area contributed by atoms with E-state index in [4.69, 9.17) is 0 Å². The Hall–Kier alpha value is -2.44. The van der Waals surface area contributed by atoms with Crippen molar-refractivity contribution in [2.24, 2.45) is 0 Å². The molecule has 126 valence electrons. The zero-order chi connectivity index (χ0) is 16.2. The fourth-order valence-corrected chi connectivity index (χ4v) is 3.37. The largest absolute Gasteiger partial charge is 0.355 e. The molecule has 2 aliphatic rings. The normalized spacial score (nSPS) is 18.8. The fraction of sp³-hybridized carbons (Fsp3) is 0.529. The van der Waals surface area contributed by atoms with Crippen molar-refractivity contribution < 1.29 is 0 Å². The minimum Gasteiger partial charge on any atom is -0.355 e. The number of hydrogen-bond acceptors (Lipinski definition) is 7. The van der Waals surface area contributed by atoms with Crippen LogP contribution in [-0.4, -0.2) is 59.4 Å². The summed E-state index contributed by atoms with van der Waals surface area (Å²) >= 11 is 0. The summed E-state index contributed by atoms with van der Waals surface area (Å²) in [4.78, 5) is 15.5. The van der Waals surface area contributed by atoms with Crippen molar-refractivity contribution in [2.75, 3.05) is 54.0 Å². The van der Waals surface area contributed by atoms with Crippen LogP contribution in [0.4, 0.5) is 17.6 Å². The van der Waals surface area contributed by atoms with E-state index in [1.54, 1.807) is 12.4 Å². The molecule has 0 bridgehead atoms. The molecule has 2 aromatic heterocycles. The molecule has 7 nitrogen and oxygen atoms in total. The van der Waals surface area contributed by atoms with Gasteiger partial charge in [0.05, 0.1) is 0 Å². The van der Waals surface area contributed by atoms with Gasteiger partial charge in [0.25, 0.3) is 0 Å². The van der Waals surface area contributed by atoms with Crippen LogP contribution >= 0.6 is 0 Å². The highest BCUT2D eigenvalue weighted by atomic mass is 15.4. The maximum Gasteiger partial charge on any atom is 0.225 e. The number of rotatable bonds is 3. The van der Waals surface area contributed by atoms with E-state index in [0.29, 0.717) is 0 Å². The first-order valence-electron chi connectivity index (χ1n) is 8.76. The molecule has 0 N–H and O–H groups in total. The molecule has 24 heavy (non-hydrogen) atoms. The van der Waals surface area contributed by atoms with Gasteiger partial charge in [-0.15, -0.1) is 10.2 Å². The zero-order valence-electron chi connectivity index (χ0n) is 13.9. The van der Waals surface area contributed by atoms with Crippen LogP contribution in [0.1, 0.15) is 19.3 Å². The summed E-state index contributed by atoms with van der Waals surface area (Å²) in [6.45, 7) is 5.83. The van der Waals surface area contributed by atoms with Gasteiger partial charge >= 0.3 is 0 Å². The second kappa shape index (κ2) is 6.98. The molecular formula is C17H23N7. The third-order valence-electron chi connectivity index (χ3n) is 4.76. The van der Waals surface area contributed by atoms with Gasteiger partial charge in [0.15, 0.2) is 11.6 Å². The molecule has 2 saturated heterocycles. The van der Waals surface area contributed by atoms with Gasteiger partial charge in [-0.25, -0.2) is 9.97 Å². The summed E-state index contributed by atoms with van der Waals surface area (Å²) in [5.41, 5.74) is 0. The van der Waals surface area contributed by atoms with E-state index in [9.17, 15) is 0 Å². The summed E-state index contributed by atoms with van der Waals surface area (Å²) in [5.74, 6) is 2.78. The molecular weight excluding hydrogens is 302 g/mol. The predicted molar refractivity (Wildman–Crippen MR) is 94.6 cm³/mol. The Morgan fingerprint density at radius 2 is 1.17 bits per heavy atom. The molecule has 0 radical (unpaired) electrons. The number of anilines is 3. The molecule has 0 atom stereocenters. The van der Waals surface area contributed by atoms with E-state index in [-0.39, 0.29) is 0 Å². The number of piperazine rings is 1. The van der Waals surface area contributed by atoms with Gasteiger partial charge in [-0.1, -0.05) is 0 Å². The van der Waals surface area contributed by atoms with Crippen LogP contribution in [0.25, 0.3) is 0 Å². The Balaban J connectivity index is 1.37. The molecule has 2 aromatic rings. The van der Waals surface area contributed by atoms with Crippen molar-refractivity contribution in [3.05, 3.63) is 30.6 Å². The van der Waals surface area contributed by atoms with Gasteiger partial charge in [-0.2, -0.15) is 0 Å². The number of aromatic nitrogens is 4. The topological polar surface area (TPSA) is 61.3 Å². The second-order valence-corrected chi connectivity index (χ2v) is 6.32. The summed E-state index contributed by atoms with van der Waals surface area (Å²) in [5, 5.41) is 8.91. The zero-order valence-corrected chi connectivity index (χ0v) is 13.9. The summed E-state index contributed by atoms with van der Waals surface area (Å²) in [7, 11) is 0. The maximum atomic E-state index is 4.46. The minimum absolute atomic E-state index is 0.809. The number of piperidine rings is 1. The molecule has 2 fully saturated rings. The van der Waals surface area contributed by atoms with Gasteiger partial charge in [-0.05, 0) is 37.5 Å². The summed E-state index contributed by atoms with van der Waals surface area (Å²) in [6, 6.07) is 6.06. The van der Waals surface area contributed by atoms with Crippen molar-refractivity contribution in [3.8, 4) is 0 Å². The van der Waals surface area contributed by atoms with Crippen molar-refractivity contribution in [2.45, 2.75) is 19.3 Å². The molecule has 0 saturated carbocycles. The molecule has 0 aromatic carbocycles. The number of nitrogens with zero attached hydrogens (tertiary/aromatic N) is 7. The maximum absolute atomic E-state index is 4.46. The Bertz CT molecular complexity index is 632. The predicted octanol–water partition coefficient (Wildman–Crippen LogP) is 1.58. The number of hydrogen-bond donors (Lipinski definition) is 0. The average Bonchev–Trinajstić information content (AvgIpc) is 2.70. The van der Waals surface area contributed by atoms with Crippen LogP contribution in [0.3, 0.4) is 0 Å². The van der Waals surface area contributed by atoms with Gasteiger partial charge in [-0.3, -0.25) is 0 Å². The molecule has 4 heterocycles. The lowest BCUT2D eigenvalue weighted by Gasteiger charge is -2.35. The molecule has 0 aliphatic carbocycles.